The molecule has 2 heterocycles. The first-order valence-corrected chi connectivity index (χ1v) is 4.12. The molecule has 0 fully saturated rings. The summed E-state index contributed by atoms with van der Waals surface area (Å²) in [6.07, 6.45) is 1.77. The Bertz CT molecular complexity index is 286. The Morgan fingerprint density at radius 2 is 2.44 bits per heavy atom. The number of hydrogen-bond acceptors (Lipinski definition) is 3. The molecule has 4 heteroatoms. The summed E-state index contributed by atoms with van der Waals surface area (Å²) in [6, 6.07) is 3.81. The average Bonchev–Trinajstić information content (AvgIpc) is 2.33. The molecule has 0 spiro atoms. The number of rotatable bonds is 0. The van der Waals surface area contributed by atoms with Gasteiger partial charge in [0, 0.05) is 0 Å². The second-order valence-corrected chi connectivity index (χ2v) is 3.14. The van der Waals surface area contributed by atoms with Gasteiger partial charge in [0.15, 0.2) is 0 Å². The van der Waals surface area contributed by atoms with Gasteiger partial charge in [-0.25, -0.2) is 0 Å². The summed E-state index contributed by atoms with van der Waals surface area (Å²) in [6.45, 7) is 0. The van der Waals surface area contributed by atoms with Crippen molar-refractivity contribution < 1.29 is 0 Å². The van der Waals surface area contributed by atoms with Gasteiger partial charge in [0.25, 0.3) is 0 Å². The molecule has 0 unspecified atom stereocenters. The summed E-state index contributed by atoms with van der Waals surface area (Å²) < 4.78 is 4.92. The van der Waals surface area contributed by atoms with Gasteiger partial charge in [-0.1, -0.05) is 0 Å². The first-order valence-electron chi connectivity index (χ1n) is 2.50. The number of fused-ring (bicyclic) bond motifs is 1. The third-order valence-electron chi connectivity index (χ3n) is 1.03. The Kier molecular flexibility index (Phi) is 1.07. The van der Waals surface area contributed by atoms with E-state index < -0.39 is 0 Å². The predicted molar refractivity (Wildman–Crippen MR) is 34.3 cm³/mol. The van der Waals surface area contributed by atoms with Crippen molar-refractivity contribution in [3.05, 3.63) is 18.3 Å². The van der Waals surface area contributed by atoms with Gasteiger partial charge >= 0.3 is 57.1 Å². The first kappa shape index (κ1) is 5.09. The molecule has 2 aromatic rings. The molecule has 2 rings (SSSR count). The van der Waals surface area contributed by atoms with Gasteiger partial charge < -0.3 is 0 Å². The maximum absolute atomic E-state index is 4.10. The van der Waals surface area contributed by atoms with E-state index >= 15 is 0 Å². The van der Waals surface area contributed by atoms with Gasteiger partial charge in [0.2, 0.25) is 0 Å². The fourth-order valence-electron chi connectivity index (χ4n) is 0.632. The number of hydrogen-bond donors (Lipinski definition) is 0. The van der Waals surface area contributed by atoms with Gasteiger partial charge in [-0.15, -0.1) is 0 Å². The molecule has 0 aliphatic heterocycles. The standard InChI is InChI=1S/C5H3N3Se/c1-2-4-5(6-3-1)9-8-7-4/h1-3H. The van der Waals surface area contributed by atoms with E-state index in [1.807, 2.05) is 12.1 Å². The Morgan fingerprint density at radius 3 is 3.33 bits per heavy atom. The van der Waals surface area contributed by atoms with Crippen molar-refractivity contribution in [2.24, 2.45) is 0 Å². The molecule has 0 saturated carbocycles. The van der Waals surface area contributed by atoms with Gasteiger partial charge in [0.1, 0.15) is 0 Å². The molecule has 0 radical (unpaired) electrons. The van der Waals surface area contributed by atoms with Crippen LogP contribution < -0.4 is 0 Å². The van der Waals surface area contributed by atoms with Crippen LogP contribution >= 0.6 is 0 Å². The first-order chi connectivity index (χ1) is 4.47. The Labute approximate surface area is 57.7 Å². The summed E-state index contributed by atoms with van der Waals surface area (Å²) >= 11 is 0.149. The van der Waals surface area contributed by atoms with Crippen LogP contribution in [0.25, 0.3) is 9.91 Å². The zero-order chi connectivity index (χ0) is 6.10. The minimum atomic E-state index is 0.149. The second-order valence-electron chi connectivity index (χ2n) is 1.60. The van der Waals surface area contributed by atoms with Gasteiger partial charge in [0.05, 0.1) is 0 Å². The van der Waals surface area contributed by atoms with Crippen LogP contribution in [0.4, 0.5) is 0 Å². The van der Waals surface area contributed by atoms with Crippen LogP contribution in [-0.4, -0.2) is 28.9 Å². The van der Waals surface area contributed by atoms with Crippen molar-refractivity contribution in [1.29, 1.82) is 0 Å². The molecule has 0 saturated heterocycles. The number of pyridine rings is 1. The molecule has 9 heavy (non-hydrogen) atoms. The molecule has 0 N–H and O–H groups in total. The quantitative estimate of drug-likeness (QED) is 0.544. The average molecular weight is 184 g/mol. The molecule has 3 nitrogen and oxygen atoms in total. The van der Waals surface area contributed by atoms with E-state index in [1.165, 1.54) is 0 Å². The summed E-state index contributed by atoms with van der Waals surface area (Å²) in [7, 11) is 0. The van der Waals surface area contributed by atoms with Crippen LogP contribution in [0.1, 0.15) is 0 Å². The molecule has 0 amide bonds. The van der Waals surface area contributed by atoms with Gasteiger partial charge in [-0.05, 0) is 0 Å². The molecule has 0 atom stereocenters. The summed E-state index contributed by atoms with van der Waals surface area (Å²) in [4.78, 5) is 4.10. The van der Waals surface area contributed by atoms with Crippen molar-refractivity contribution in [1.82, 2.24) is 14.2 Å². The van der Waals surface area contributed by atoms with Crippen LogP contribution in [0.2, 0.25) is 0 Å². The summed E-state index contributed by atoms with van der Waals surface area (Å²) in [5.74, 6) is 0. The van der Waals surface area contributed by atoms with E-state index in [1.54, 1.807) is 6.20 Å². The molecular formula is C5H3N3Se. The minimum absolute atomic E-state index is 0.149. The van der Waals surface area contributed by atoms with E-state index in [4.69, 9.17) is 0 Å². The van der Waals surface area contributed by atoms with Crippen LogP contribution in [0.15, 0.2) is 18.3 Å². The maximum atomic E-state index is 4.10. The van der Waals surface area contributed by atoms with Crippen molar-refractivity contribution in [3.8, 4) is 0 Å². The predicted octanol–water partition coefficient (Wildman–Crippen LogP) is 0.0818. The molecule has 0 aromatic carbocycles. The normalized spacial score (nSPS) is 10.2. The number of aromatic nitrogens is 3. The summed E-state index contributed by atoms with van der Waals surface area (Å²) in [5, 5.41) is 3.89. The van der Waals surface area contributed by atoms with E-state index in [9.17, 15) is 0 Å². The van der Waals surface area contributed by atoms with Crippen LogP contribution in [0.5, 0.6) is 0 Å². The van der Waals surface area contributed by atoms with E-state index in [2.05, 4.69) is 14.2 Å². The van der Waals surface area contributed by atoms with E-state index in [0.29, 0.717) is 0 Å². The van der Waals surface area contributed by atoms with Crippen molar-refractivity contribution in [2.75, 3.05) is 0 Å². The molecule has 2 aromatic heterocycles. The SMILES string of the molecule is c1cnc2[se]nnc2c1. The molecular weight excluding hydrogens is 181 g/mol. The zero-order valence-corrected chi connectivity index (χ0v) is 6.20. The third kappa shape index (κ3) is 0.763. The molecule has 0 aliphatic carbocycles. The second kappa shape index (κ2) is 1.90. The fraction of sp³-hybridized carbons (Fsp3) is 0. The number of nitrogens with zero attached hydrogens (tertiary/aromatic N) is 3. The van der Waals surface area contributed by atoms with Crippen LogP contribution in [-0.2, 0) is 0 Å². The fourth-order valence-corrected chi connectivity index (χ4v) is 1.72. The molecule has 0 bridgehead atoms. The van der Waals surface area contributed by atoms with Gasteiger partial charge in [-0.2, -0.15) is 0 Å². The van der Waals surface area contributed by atoms with Gasteiger partial charge in [-0.3, -0.25) is 0 Å². The Hall–Kier alpha value is -0.731. The zero-order valence-electron chi connectivity index (χ0n) is 4.48. The third-order valence-corrected chi connectivity index (χ3v) is 2.39. The monoisotopic (exact) mass is 185 g/mol. The van der Waals surface area contributed by atoms with Crippen LogP contribution in [0, 0.1) is 0 Å². The Morgan fingerprint density at radius 1 is 1.44 bits per heavy atom. The van der Waals surface area contributed by atoms with Crippen molar-refractivity contribution >= 4 is 24.6 Å². The summed E-state index contributed by atoms with van der Waals surface area (Å²) in [5.41, 5.74) is 0.942. The molecule has 0 aliphatic rings. The van der Waals surface area contributed by atoms with E-state index in [0.717, 1.165) is 9.91 Å². The van der Waals surface area contributed by atoms with Crippen LogP contribution in [0.3, 0.4) is 0 Å². The molecule has 44 valence electrons. The van der Waals surface area contributed by atoms with Crippen molar-refractivity contribution in [2.45, 2.75) is 0 Å². The van der Waals surface area contributed by atoms with Crippen molar-refractivity contribution in [3.63, 3.8) is 0 Å². The Balaban J connectivity index is 2.95. The van der Waals surface area contributed by atoms with E-state index in [-0.39, 0.29) is 14.7 Å². The topological polar surface area (TPSA) is 38.7 Å².